The zero-order chi connectivity index (χ0) is 16.3. The Morgan fingerprint density at radius 2 is 1.82 bits per heavy atom. The van der Waals surface area contributed by atoms with Gasteiger partial charge < -0.3 is 15.3 Å². The first kappa shape index (κ1) is 16.8. The van der Waals surface area contributed by atoms with Crippen molar-refractivity contribution in [2.45, 2.75) is 52.0 Å². The average molecular weight is 310 g/mol. The lowest BCUT2D eigenvalue weighted by Crippen LogP contribution is -2.55. The van der Waals surface area contributed by atoms with E-state index in [1.54, 1.807) is 4.90 Å². The fourth-order valence-corrected chi connectivity index (χ4v) is 3.80. The number of rotatable bonds is 4. The number of nitrogens with zero attached hydrogens (tertiary/aromatic N) is 1. The van der Waals surface area contributed by atoms with Crippen LogP contribution in [0.25, 0.3) is 0 Å². The van der Waals surface area contributed by atoms with Gasteiger partial charge in [-0.1, -0.05) is 19.8 Å². The number of carbonyl (C=O) groups excluding carboxylic acids is 2. The largest absolute Gasteiger partial charge is 0.481 e. The lowest BCUT2D eigenvalue weighted by Gasteiger charge is -2.38. The molecule has 2 rings (SSSR count). The van der Waals surface area contributed by atoms with Crippen molar-refractivity contribution in [2.24, 2.45) is 17.8 Å². The minimum Gasteiger partial charge on any atom is -0.481 e. The van der Waals surface area contributed by atoms with Crippen LogP contribution in [0.3, 0.4) is 0 Å². The van der Waals surface area contributed by atoms with E-state index in [-0.39, 0.29) is 30.2 Å². The second-order valence-electron chi connectivity index (χ2n) is 6.84. The molecule has 0 radical (unpaired) electrons. The zero-order valence-corrected chi connectivity index (χ0v) is 13.4. The highest BCUT2D eigenvalue weighted by molar-refractivity contribution is 5.87. The van der Waals surface area contributed by atoms with Crippen LogP contribution < -0.4 is 5.32 Å². The second-order valence-corrected chi connectivity index (χ2v) is 6.84. The van der Waals surface area contributed by atoms with Crippen molar-refractivity contribution in [1.82, 2.24) is 10.2 Å². The number of aliphatic carboxylic acids is 1. The number of nitrogens with one attached hydrogen (secondary N) is 1. The molecular weight excluding hydrogens is 284 g/mol. The molecule has 0 spiro atoms. The van der Waals surface area contributed by atoms with Crippen LogP contribution in [0.2, 0.25) is 0 Å². The molecule has 0 aromatic heterocycles. The number of amides is 2. The summed E-state index contributed by atoms with van der Waals surface area (Å²) in [5.74, 6) is -1.32. The third kappa shape index (κ3) is 3.99. The summed E-state index contributed by atoms with van der Waals surface area (Å²) in [5, 5.41) is 12.0. The Labute approximate surface area is 131 Å². The van der Waals surface area contributed by atoms with Crippen LogP contribution in [0.1, 0.15) is 46.0 Å². The summed E-state index contributed by atoms with van der Waals surface area (Å²) in [4.78, 5) is 37.2. The van der Waals surface area contributed by atoms with Gasteiger partial charge in [0.05, 0.1) is 5.92 Å². The molecule has 2 aliphatic rings. The van der Waals surface area contributed by atoms with E-state index in [9.17, 15) is 19.5 Å². The zero-order valence-electron chi connectivity index (χ0n) is 13.4. The molecule has 124 valence electrons. The topological polar surface area (TPSA) is 86.7 Å². The van der Waals surface area contributed by atoms with E-state index in [2.05, 4.69) is 5.32 Å². The molecule has 2 fully saturated rings. The molecule has 3 atom stereocenters. The molecule has 2 amide bonds. The number of piperidine rings is 1. The van der Waals surface area contributed by atoms with Gasteiger partial charge in [0.25, 0.3) is 0 Å². The van der Waals surface area contributed by atoms with Gasteiger partial charge in [-0.2, -0.15) is 0 Å². The first-order valence-electron chi connectivity index (χ1n) is 8.17. The molecule has 22 heavy (non-hydrogen) atoms. The summed E-state index contributed by atoms with van der Waals surface area (Å²) < 4.78 is 0. The monoisotopic (exact) mass is 310 g/mol. The van der Waals surface area contributed by atoms with E-state index >= 15 is 0 Å². The average Bonchev–Trinajstić information content (AvgIpc) is 2.97. The Morgan fingerprint density at radius 3 is 2.36 bits per heavy atom. The summed E-state index contributed by atoms with van der Waals surface area (Å²) in [6, 6.07) is -0.500. The van der Waals surface area contributed by atoms with Gasteiger partial charge in [-0.15, -0.1) is 0 Å². The lowest BCUT2D eigenvalue weighted by molar-refractivity contribution is -0.148. The van der Waals surface area contributed by atoms with Crippen molar-refractivity contribution in [3.63, 3.8) is 0 Å². The SMILES string of the molecule is CC(=O)NC(C(=O)N1CC(C)CC(C(=O)O)C1)C1CCCC1. The number of carboxylic acids is 1. The molecule has 2 N–H and O–H groups in total. The summed E-state index contributed by atoms with van der Waals surface area (Å²) in [7, 11) is 0. The van der Waals surface area contributed by atoms with Gasteiger partial charge in [0.2, 0.25) is 11.8 Å². The van der Waals surface area contributed by atoms with Gasteiger partial charge in [0, 0.05) is 20.0 Å². The number of likely N-dealkylation sites (tertiary alicyclic amines) is 1. The quantitative estimate of drug-likeness (QED) is 0.818. The van der Waals surface area contributed by atoms with Crippen LogP contribution in [-0.2, 0) is 14.4 Å². The van der Waals surface area contributed by atoms with E-state index in [4.69, 9.17) is 0 Å². The van der Waals surface area contributed by atoms with Gasteiger partial charge in [-0.05, 0) is 31.1 Å². The molecule has 6 heteroatoms. The molecule has 1 aliphatic heterocycles. The Bertz CT molecular complexity index is 445. The van der Waals surface area contributed by atoms with Gasteiger partial charge in [-0.3, -0.25) is 14.4 Å². The summed E-state index contributed by atoms with van der Waals surface area (Å²) in [5.41, 5.74) is 0. The molecule has 0 bridgehead atoms. The maximum Gasteiger partial charge on any atom is 0.308 e. The lowest BCUT2D eigenvalue weighted by atomic mass is 9.89. The normalized spacial score (nSPS) is 27.5. The minimum atomic E-state index is -0.846. The fraction of sp³-hybridized carbons (Fsp3) is 0.812. The first-order valence-corrected chi connectivity index (χ1v) is 8.17. The Balaban J connectivity index is 2.10. The Morgan fingerprint density at radius 1 is 1.18 bits per heavy atom. The van der Waals surface area contributed by atoms with Crippen molar-refractivity contribution in [3.05, 3.63) is 0 Å². The molecule has 1 aliphatic carbocycles. The van der Waals surface area contributed by atoms with E-state index < -0.39 is 17.9 Å². The highest BCUT2D eigenvalue weighted by Crippen LogP contribution is 2.30. The predicted molar refractivity (Wildman–Crippen MR) is 81.0 cm³/mol. The van der Waals surface area contributed by atoms with E-state index in [1.165, 1.54) is 6.92 Å². The van der Waals surface area contributed by atoms with Crippen molar-refractivity contribution < 1.29 is 19.5 Å². The summed E-state index contributed by atoms with van der Waals surface area (Å²) in [6.07, 6.45) is 4.67. The van der Waals surface area contributed by atoms with E-state index in [0.717, 1.165) is 25.7 Å². The van der Waals surface area contributed by atoms with Gasteiger partial charge in [0.15, 0.2) is 0 Å². The maximum atomic E-state index is 12.9. The van der Waals surface area contributed by atoms with Crippen molar-refractivity contribution in [1.29, 1.82) is 0 Å². The molecule has 0 aromatic carbocycles. The number of carboxylic acid groups (broad SMARTS) is 1. The molecule has 3 unspecified atom stereocenters. The number of hydrogen-bond donors (Lipinski definition) is 2. The molecule has 6 nitrogen and oxygen atoms in total. The molecule has 1 saturated carbocycles. The second kappa shape index (κ2) is 7.11. The Hall–Kier alpha value is -1.59. The number of carbonyl (C=O) groups is 3. The Kier molecular flexibility index (Phi) is 5.42. The highest BCUT2D eigenvalue weighted by atomic mass is 16.4. The van der Waals surface area contributed by atoms with Crippen LogP contribution >= 0.6 is 0 Å². The molecular formula is C16H26N2O4. The smallest absolute Gasteiger partial charge is 0.308 e. The van der Waals surface area contributed by atoms with E-state index in [0.29, 0.717) is 13.0 Å². The van der Waals surface area contributed by atoms with Crippen molar-refractivity contribution in [2.75, 3.05) is 13.1 Å². The minimum absolute atomic E-state index is 0.111. The molecule has 1 heterocycles. The standard InChI is InChI=1S/C16H26N2O4/c1-10-7-13(16(21)22)9-18(8-10)15(20)14(17-11(2)19)12-5-3-4-6-12/h10,12-14H,3-9H2,1-2H3,(H,17,19)(H,21,22). The summed E-state index contributed by atoms with van der Waals surface area (Å²) >= 11 is 0. The van der Waals surface area contributed by atoms with Gasteiger partial charge >= 0.3 is 5.97 Å². The molecule has 1 saturated heterocycles. The number of hydrogen-bond acceptors (Lipinski definition) is 3. The van der Waals surface area contributed by atoms with Crippen LogP contribution in [0, 0.1) is 17.8 Å². The van der Waals surface area contributed by atoms with Gasteiger partial charge in [-0.25, -0.2) is 0 Å². The first-order chi connectivity index (χ1) is 10.4. The maximum absolute atomic E-state index is 12.9. The van der Waals surface area contributed by atoms with Crippen molar-refractivity contribution >= 4 is 17.8 Å². The molecule has 0 aromatic rings. The van der Waals surface area contributed by atoms with E-state index in [1.807, 2.05) is 6.92 Å². The third-order valence-electron chi connectivity index (χ3n) is 4.82. The highest BCUT2D eigenvalue weighted by Gasteiger charge is 2.38. The van der Waals surface area contributed by atoms with Crippen LogP contribution in [0.4, 0.5) is 0 Å². The van der Waals surface area contributed by atoms with Crippen molar-refractivity contribution in [3.8, 4) is 0 Å². The predicted octanol–water partition coefficient (Wildman–Crippen LogP) is 1.25. The van der Waals surface area contributed by atoms with Crippen LogP contribution in [0.15, 0.2) is 0 Å². The van der Waals surface area contributed by atoms with Crippen LogP contribution in [0.5, 0.6) is 0 Å². The van der Waals surface area contributed by atoms with Gasteiger partial charge in [0.1, 0.15) is 6.04 Å². The fourth-order valence-electron chi connectivity index (χ4n) is 3.80. The van der Waals surface area contributed by atoms with Crippen LogP contribution in [-0.4, -0.2) is 46.9 Å². The third-order valence-corrected chi connectivity index (χ3v) is 4.82. The summed E-state index contributed by atoms with van der Waals surface area (Å²) in [6.45, 7) is 4.22.